The quantitative estimate of drug-likeness (QED) is 0.774. The van der Waals surface area contributed by atoms with Crippen LogP contribution in [0.15, 0.2) is 51.8 Å². The van der Waals surface area contributed by atoms with Gasteiger partial charge in [0.05, 0.1) is 5.02 Å². The van der Waals surface area contributed by atoms with Gasteiger partial charge in [0.2, 0.25) is 0 Å². The van der Waals surface area contributed by atoms with Gasteiger partial charge in [-0.15, -0.1) is 11.8 Å². The first-order valence-electron chi connectivity index (χ1n) is 5.66. The van der Waals surface area contributed by atoms with Crippen LogP contribution in [0.4, 0.5) is 4.39 Å². The molecule has 0 saturated heterocycles. The van der Waals surface area contributed by atoms with Gasteiger partial charge < -0.3 is 5.73 Å². The van der Waals surface area contributed by atoms with Crippen molar-refractivity contribution in [1.29, 1.82) is 0 Å². The fourth-order valence-corrected chi connectivity index (χ4v) is 3.23. The van der Waals surface area contributed by atoms with Crippen molar-refractivity contribution in [3.8, 4) is 0 Å². The van der Waals surface area contributed by atoms with Crippen molar-refractivity contribution in [2.75, 3.05) is 5.75 Å². The highest BCUT2D eigenvalue weighted by Crippen LogP contribution is 2.30. The minimum atomic E-state index is -0.376. The first kappa shape index (κ1) is 14.9. The second-order valence-electron chi connectivity index (χ2n) is 4.01. The van der Waals surface area contributed by atoms with E-state index < -0.39 is 0 Å². The first-order valence-corrected chi connectivity index (χ1v) is 7.81. The van der Waals surface area contributed by atoms with Gasteiger partial charge in [-0.1, -0.05) is 39.7 Å². The van der Waals surface area contributed by atoms with Gasteiger partial charge in [-0.05, 0) is 30.3 Å². The van der Waals surface area contributed by atoms with Crippen molar-refractivity contribution in [1.82, 2.24) is 0 Å². The Morgan fingerprint density at radius 3 is 2.74 bits per heavy atom. The van der Waals surface area contributed by atoms with E-state index in [1.165, 1.54) is 17.8 Å². The number of thioether (sulfide) groups is 1. The van der Waals surface area contributed by atoms with Crippen LogP contribution in [0.25, 0.3) is 0 Å². The molecule has 0 fully saturated rings. The van der Waals surface area contributed by atoms with Crippen molar-refractivity contribution in [3.63, 3.8) is 0 Å². The highest BCUT2D eigenvalue weighted by atomic mass is 79.9. The van der Waals surface area contributed by atoms with Crippen molar-refractivity contribution in [3.05, 3.63) is 63.3 Å². The molecule has 2 aromatic rings. The van der Waals surface area contributed by atoms with Gasteiger partial charge in [0.15, 0.2) is 0 Å². The number of rotatable bonds is 4. The van der Waals surface area contributed by atoms with Crippen LogP contribution in [0, 0.1) is 5.82 Å². The minimum Gasteiger partial charge on any atom is -0.323 e. The lowest BCUT2D eigenvalue weighted by atomic mass is 10.1. The summed E-state index contributed by atoms with van der Waals surface area (Å²) in [5, 5.41) is 0.689. The Labute approximate surface area is 129 Å². The third-order valence-corrected chi connectivity index (χ3v) is 4.74. The third kappa shape index (κ3) is 3.96. The fraction of sp³-hybridized carbons (Fsp3) is 0.143. The Balaban J connectivity index is 2.07. The summed E-state index contributed by atoms with van der Waals surface area (Å²) in [6.45, 7) is 0. The summed E-state index contributed by atoms with van der Waals surface area (Å²) in [6, 6.07) is 12.0. The van der Waals surface area contributed by atoms with Crippen LogP contribution < -0.4 is 5.73 Å². The molecule has 100 valence electrons. The van der Waals surface area contributed by atoms with Crippen LogP contribution in [0.5, 0.6) is 0 Å². The molecule has 0 aliphatic heterocycles. The van der Waals surface area contributed by atoms with E-state index in [0.717, 1.165) is 9.37 Å². The average Bonchev–Trinajstić information content (AvgIpc) is 2.40. The molecule has 5 heteroatoms. The molecule has 2 N–H and O–H groups in total. The van der Waals surface area contributed by atoms with E-state index >= 15 is 0 Å². The molecule has 0 spiro atoms. The minimum absolute atomic E-state index is 0.282. The Hall–Kier alpha value is -0.550. The molecule has 2 aromatic carbocycles. The van der Waals surface area contributed by atoms with E-state index in [9.17, 15) is 4.39 Å². The van der Waals surface area contributed by atoms with Crippen molar-refractivity contribution < 1.29 is 4.39 Å². The maximum absolute atomic E-state index is 13.7. The molecule has 0 amide bonds. The largest absolute Gasteiger partial charge is 0.323 e. The molecular weight excluding hydrogens is 349 g/mol. The molecule has 0 radical (unpaired) electrons. The number of hydrogen-bond donors (Lipinski definition) is 1. The predicted molar refractivity (Wildman–Crippen MR) is 83.2 cm³/mol. The Morgan fingerprint density at radius 1 is 1.26 bits per heavy atom. The summed E-state index contributed by atoms with van der Waals surface area (Å²) in [7, 11) is 0. The zero-order chi connectivity index (χ0) is 13.8. The second-order valence-corrected chi connectivity index (χ2v) is 6.40. The Bertz CT molecular complexity index is 579. The van der Waals surface area contributed by atoms with Crippen molar-refractivity contribution in [2.45, 2.75) is 10.9 Å². The van der Waals surface area contributed by atoms with Gasteiger partial charge in [0.25, 0.3) is 0 Å². The van der Waals surface area contributed by atoms with Gasteiger partial charge in [-0.2, -0.15) is 0 Å². The van der Waals surface area contributed by atoms with E-state index in [2.05, 4.69) is 15.9 Å². The maximum atomic E-state index is 13.7. The summed E-state index contributed by atoms with van der Waals surface area (Å²) in [5.41, 5.74) is 6.55. The lowest BCUT2D eigenvalue weighted by Crippen LogP contribution is -2.14. The van der Waals surface area contributed by atoms with Crippen molar-refractivity contribution in [2.24, 2.45) is 5.73 Å². The number of nitrogens with two attached hydrogens (primary N) is 1. The summed E-state index contributed by atoms with van der Waals surface area (Å²) in [5.74, 6) is 0.285. The highest BCUT2D eigenvalue weighted by molar-refractivity contribution is 9.10. The monoisotopic (exact) mass is 359 g/mol. The van der Waals surface area contributed by atoms with Gasteiger partial charge >= 0.3 is 0 Å². The number of hydrogen-bond acceptors (Lipinski definition) is 2. The van der Waals surface area contributed by atoms with Gasteiger partial charge in [-0.3, -0.25) is 0 Å². The molecule has 19 heavy (non-hydrogen) atoms. The molecule has 0 aliphatic carbocycles. The van der Waals surface area contributed by atoms with E-state index in [-0.39, 0.29) is 11.9 Å². The lowest BCUT2D eigenvalue weighted by molar-refractivity contribution is 0.595. The SMILES string of the molecule is NC(CSc1ccccc1Cl)c1cc(Br)ccc1F. The Kier molecular flexibility index (Phi) is 5.28. The van der Waals surface area contributed by atoms with E-state index in [1.54, 1.807) is 12.1 Å². The summed E-state index contributed by atoms with van der Waals surface area (Å²) in [4.78, 5) is 0.954. The zero-order valence-corrected chi connectivity index (χ0v) is 13.1. The molecular formula is C14H12BrClFNS. The molecule has 1 unspecified atom stereocenters. The standard InChI is InChI=1S/C14H12BrClFNS/c15-9-5-6-12(17)10(7-9)13(18)8-19-14-4-2-1-3-11(14)16/h1-7,13H,8,18H2. The third-order valence-electron chi connectivity index (χ3n) is 2.61. The molecule has 0 heterocycles. The van der Waals surface area contributed by atoms with E-state index in [4.69, 9.17) is 17.3 Å². The van der Waals surface area contributed by atoms with Gasteiger partial charge in [0.1, 0.15) is 5.82 Å². The smallest absolute Gasteiger partial charge is 0.128 e. The number of halogens is 3. The van der Waals surface area contributed by atoms with Gasteiger partial charge in [-0.25, -0.2) is 4.39 Å². The van der Waals surface area contributed by atoms with E-state index in [0.29, 0.717) is 16.3 Å². The second kappa shape index (κ2) is 6.75. The predicted octanol–water partition coefficient (Wildman–Crippen LogP) is 5.03. The average molecular weight is 361 g/mol. The molecule has 0 bridgehead atoms. The number of benzene rings is 2. The summed E-state index contributed by atoms with van der Waals surface area (Å²) >= 11 is 10.9. The normalized spacial score (nSPS) is 12.4. The molecule has 1 nitrogen and oxygen atoms in total. The van der Waals surface area contributed by atoms with E-state index in [1.807, 2.05) is 24.3 Å². The molecule has 0 aromatic heterocycles. The zero-order valence-electron chi connectivity index (χ0n) is 9.95. The van der Waals surface area contributed by atoms with Crippen LogP contribution in [0.3, 0.4) is 0 Å². The Morgan fingerprint density at radius 2 is 2.00 bits per heavy atom. The molecule has 1 atom stereocenters. The summed E-state index contributed by atoms with van der Waals surface area (Å²) in [6.07, 6.45) is 0. The molecule has 0 saturated carbocycles. The molecule has 0 aliphatic rings. The highest BCUT2D eigenvalue weighted by Gasteiger charge is 2.13. The maximum Gasteiger partial charge on any atom is 0.128 e. The summed E-state index contributed by atoms with van der Waals surface area (Å²) < 4.78 is 14.5. The van der Waals surface area contributed by atoms with Crippen LogP contribution in [0.1, 0.15) is 11.6 Å². The topological polar surface area (TPSA) is 26.0 Å². The lowest BCUT2D eigenvalue weighted by Gasteiger charge is -2.13. The molecule has 2 rings (SSSR count). The van der Waals surface area contributed by atoms with Crippen LogP contribution in [-0.2, 0) is 0 Å². The van der Waals surface area contributed by atoms with Crippen LogP contribution >= 0.6 is 39.3 Å². The van der Waals surface area contributed by atoms with Crippen LogP contribution in [0.2, 0.25) is 5.02 Å². The van der Waals surface area contributed by atoms with Crippen molar-refractivity contribution >= 4 is 39.3 Å². The van der Waals surface area contributed by atoms with Crippen LogP contribution in [-0.4, -0.2) is 5.75 Å². The fourth-order valence-electron chi connectivity index (χ4n) is 1.63. The van der Waals surface area contributed by atoms with Gasteiger partial charge in [0, 0.05) is 26.7 Å². The first-order chi connectivity index (χ1) is 9.08.